The van der Waals surface area contributed by atoms with E-state index < -0.39 is 17.9 Å². The molecule has 0 radical (unpaired) electrons. The van der Waals surface area contributed by atoms with Crippen molar-refractivity contribution in [3.05, 3.63) is 74.6 Å². The lowest BCUT2D eigenvalue weighted by atomic mass is 9.85. The fourth-order valence-corrected chi connectivity index (χ4v) is 3.48. The molecule has 1 aliphatic heterocycles. The number of aromatic nitrogens is 2. The van der Waals surface area contributed by atoms with Gasteiger partial charge in [0.25, 0.3) is 0 Å². The van der Waals surface area contributed by atoms with Gasteiger partial charge in [-0.1, -0.05) is 53.5 Å². The first-order valence-electron chi connectivity index (χ1n) is 8.72. The Morgan fingerprint density at radius 2 is 1.69 bits per heavy atom. The van der Waals surface area contributed by atoms with Gasteiger partial charge in [0, 0.05) is 11.4 Å². The van der Waals surface area contributed by atoms with Crippen LogP contribution >= 0.6 is 23.2 Å². The molecule has 2 N–H and O–H groups in total. The minimum absolute atomic E-state index is 0.0386. The second-order valence-corrected chi connectivity index (χ2v) is 7.15. The van der Waals surface area contributed by atoms with E-state index in [9.17, 15) is 9.59 Å². The molecule has 0 spiro atoms. The third-order valence-corrected chi connectivity index (χ3v) is 5.15. The maximum Gasteiger partial charge on any atom is 0.337 e. The van der Waals surface area contributed by atoms with E-state index in [0.717, 1.165) is 5.56 Å². The molecule has 0 saturated carbocycles. The molecule has 1 aromatic heterocycles. The fraction of sp³-hybridized carbons (Fsp3) is 0.250. The Balaban J connectivity index is 2.01. The average molecular weight is 436 g/mol. The minimum Gasteiger partial charge on any atom is -0.466 e. The highest BCUT2D eigenvalue weighted by molar-refractivity contribution is 6.40. The van der Waals surface area contributed by atoms with Crippen LogP contribution in [0.5, 0.6) is 0 Å². The Labute approximate surface area is 177 Å². The van der Waals surface area contributed by atoms with Gasteiger partial charge in [-0.15, -0.1) is 0 Å². The van der Waals surface area contributed by atoms with E-state index >= 15 is 0 Å². The van der Waals surface area contributed by atoms with Crippen molar-refractivity contribution in [2.75, 3.05) is 7.11 Å². The summed E-state index contributed by atoms with van der Waals surface area (Å²) < 4.78 is 10.4. The summed E-state index contributed by atoms with van der Waals surface area (Å²) in [5.74, 6) is -1.84. The van der Waals surface area contributed by atoms with Crippen LogP contribution in [-0.2, 0) is 25.7 Å². The molecule has 1 atom stereocenters. The van der Waals surface area contributed by atoms with Crippen molar-refractivity contribution in [3.63, 3.8) is 0 Å². The maximum atomic E-state index is 13.0. The van der Waals surface area contributed by atoms with Gasteiger partial charge in [0.05, 0.1) is 24.2 Å². The molecule has 2 heterocycles. The van der Waals surface area contributed by atoms with Crippen molar-refractivity contribution >= 4 is 35.1 Å². The van der Waals surface area contributed by atoms with Crippen LogP contribution in [0.2, 0.25) is 10.3 Å². The zero-order valence-corrected chi connectivity index (χ0v) is 17.5. The number of allylic oxidation sites excluding steroid dienone is 2. The van der Waals surface area contributed by atoms with Gasteiger partial charge >= 0.3 is 11.9 Å². The minimum atomic E-state index is -0.878. The number of halogens is 2. The molecule has 2 aromatic rings. The van der Waals surface area contributed by atoms with Crippen molar-refractivity contribution in [2.24, 2.45) is 0 Å². The lowest BCUT2D eigenvalue weighted by Gasteiger charge is -2.28. The summed E-state index contributed by atoms with van der Waals surface area (Å²) in [6.07, 6.45) is 0. The van der Waals surface area contributed by atoms with Crippen molar-refractivity contribution in [2.45, 2.75) is 26.4 Å². The van der Waals surface area contributed by atoms with Crippen LogP contribution in [0.25, 0.3) is 0 Å². The molecule has 152 valence electrons. The number of H-pyrrole nitrogens is 1. The Bertz CT molecular complexity index is 992. The molecule has 1 aliphatic rings. The van der Waals surface area contributed by atoms with Crippen molar-refractivity contribution in [1.29, 1.82) is 0 Å². The molecule has 0 fully saturated rings. The van der Waals surface area contributed by atoms with Crippen LogP contribution in [0.4, 0.5) is 0 Å². The largest absolute Gasteiger partial charge is 0.466 e. The highest BCUT2D eigenvalue weighted by Gasteiger charge is 2.40. The predicted octanol–water partition coefficient (Wildman–Crippen LogP) is 3.87. The molecule has 7 nitrogen and oxygen atoms in total. The zero-order valence-electron chi connectivity index (χ0n) is 16.0. The van der Waals surface area contributed by atoms with Gasteiger partial charge in [-0.05, 0) is 19.4 Å². The zero-order chi connectivity index (χ0) is 21.1. The molecule has 0 bridgehead atoms. The second-order valence-electron chi connectivity index (χ2n) is 6.42. The van der Waals surface area contributed by atoms with Gasteiger partial charge in [-0.25, -0.2) is 14.6 Å². The van der Waals surface area contributed by atoms with Crippen LogP contribution in [0, 0.1) is 0 Å². The number of ether oxygens (including phenoxy) is 2. The van der Waals surface area contributed by atoms with E-state index in [2.05, 4.69) is 15.3 Å². The number of nitrogens with zero attached hydrogens (tertiary/aromatic N) is 1. The van der Waals surface area contributed by atoms with Crippen molar-refractivity contribution in [1.82, 2.24) is 15.3 Å². The monoisotopic (exact) mass is 435 g/mol. The van der Waals surface area contributed by atoms with E-state index in [4.69, 9.17) is 32.7 Å². The molecule has 9 heteroatoms. The number of hydrogen-bond acceptors (Lipinski definition) is 6. The van der Waals surface area contributed by atoms with Crippen LogP contribution in [0.3, 0.4) is 0 Å². The van der Waals surface area contributed by atoms with E-state index in [1.54, 1.807) is 13.8 Å². The topological polar surface area (TPSA) is 93.3 Å². The van der Waals surface area contributed by atoms with E-state index in [-0.39, 0.29) is 33.9 Å². The Kier molecular flexibility index (Phi) is 6.30. The molecular weight excluding hydrogens is 417 g/mol. The molecule has 0 saturated heterocycles. The molecule has 0 amide bonds. The normalized spacial score (nSPS) is 16.5. The number of nitrogens with one attached hydrogen (secondary N) is 2. The fourth-order valence-electron chi connectivity index (χ4n) is 3.20. The first-order chi connectivity index (χ1) is 13.8. The Morgan fingerprint density at radius 3 is 2.24 bits per heavy atom. The standard InChI is InChI=1S/C20H19Cl2N3O4/c1-10-13(19(26)28-3)15(18-24-16(21)17(22)25-18)14(11(2)23-10)20(27)29-9-12-7-5-4-6-8-12/h4-8,15,23H,9H2,1-3H3,(H,24,25). The number of imidazole rings is 1. The Hall–Kier alpha value is -2.77. The second kappa shape index (κ2) is 8.71. The van der Waals surface area contributed by atoms with Crippen molar-refractivity contribution < 1.29 is 19.1 Å². The lowest BCUT2D eigenvalue weighted by Crippen LogP contribution is -2.32. The molecule has 1 aromatic carbocycles. The lowest BCUT2D eigenvalue weighted by molar-refractivity contribution is -0.140. The third-order valence-electron chi connectivity index (χ3n) is 4.51. The van der Waals surface area contributed by atoms with Gasteiger partial charge in [0.15, 0.2) is 5.15 Å². The molecule has 3 rings (SSSR count). The van der Waals surface area contributed by atoms with Crippen LogP contribution in [-0.4, -0.2) is 29.0 Å². The number of methoxy groups -OCH3 is 1. The average Bonchev–Trinajstić information content (AvgIpc) is 3.04. The van der Waals surface area contributed by atoms with Gasteiger partial charge in [-0.2, -0.15) is 0 Å². The summed E-state index contributed by atoms with van der Waals surface area (Å²) >= 11 is 12.0. The third kappa shape index (κ3) is 4.31. The highest BCUT2D eigenvalue weighted by atomic mass is 35.5. The SMILES string of the molecule is COC(=O)C1=C(C)NC(C)=C(C(=O)OCc2ccccc2)C1c1nc(Cl)c(Cl)[nH]1. The number of carbonyl (C=O) groups is 2. The predicted molar refractivity (Wildman–Crippen MR) is 108 cm³/mol. The maximum absolute atomic E-state index is 13.0. The van der Waals surface area contributed by atoms with E-state index in [1.807, 2.05) is 30.3 Å². The number of benzene rings is 1. The number of hydrogen-bond donors (Lipinski definition) is 2. The van der Waals surface area contributed by atoms with Crippen molar-refractivity contribution in [3.8, 4) is 0 Å². The summed E-state index contributed by atoms with van der Waals surface area (Å²) in [5.41, 5.74) is 2.33. The van der Waals surface area contributed by atoms with Gasteiger partial charge in [0.1, 0.15) is 17.6 Å². The number of dihydropyridines is 1. The summed E-state index contributed by atoms with van der Waals surface area (Å²) in [7, 11) is 1.26. The number of aromatic amines is 1. The first kappa shape index (κ1) is 21.0. The number of carbonyl (C=O) groups excluding carboxylic acids is 2. The highest BCUT2D eigenvalue weighted by Crippen LogP contribution is 2.39. The number of rotatable bonds is 5. The summed E-state index contributed by atoms with van der Waals surface area (Å²) in [6.45, 7) is 3.51. The summed E-state index contributed by atoms with van der Waals surface area (Å²) in [6, 6.07) is 9.28. The van der Waals surface area contributed by atoms with Gasteiger partial charge < -0.3 is 19.8 Å². The quantitative estimate of drug-likeness (QED) is 0.692. The summed E-state index contributed by atoms with van der Waals surface area (Å²) in [5, 5.41) is 3.19. The van der Waals surface area contributed by atoms with Crippen LogP contribution in [0.1, 0.15) is 31.2 Å². The smallest absolute Gasteiger partial charge is 0.337 e. The molecule has 29 heavy (non-hydrogen) atoms. The van der Waals surface area contributed by atoms with Gasteiger partial charge in [-0.3, -0.25) is 0 Å². The molecule has 1 unspecified atom stereocenters. The van der Waals surface area contributed by atoms with E-state index in [0.29, 0.717) is 11.4 Å². The Morgan fingerprint density at radius 1 is 1.07 bits per heavy atom. The first-order valence-corrected chi connectivity index (χ1v) is 9.47. The molecular formula is C20H19Cl2N3O4. The van der Waals surface area contributed by atoms with Crippen LogP contribution < -0.4 is 5.32 Å². The molecule has 0 aliphatic carbocycles. The van der Waals surface area contributed by atoms with E-state index in [1.165, 1.54) is 7.11 Å². The summed E-state index contributed by atoms with van der Waals surface area (Å²) in [4.78, 5) is 32.5. The number of esters is 2. The van der Waals surface area contributed by atoms with Crippen LogP contribution in [0.15, 0.2) is 52.9 Å². The van der Waals surface area contributed by atoms with Gasteiger partial charge in [0.2, 0.25) is 0 Å².